The molecule has 5 rings (SSSR count). The zero-order valence-corrected chi connectivity index (χ0v) is 23.0. The van der Waals surface area contributed by atoms with E-state index >= 15 is 0 Å². The summed E-state index contributed by atoms with van der Waals surface area (Å²) in [5.41, 5.74) is 1.59. The molecule has 0 aliphatic carbocycles. The lowest BCUT2D eigenvalue weighted by atomic mass is 9.77. The molecule has 0 bridgehead atoms. The summed E-state index contributed by atoms with van der Waals surface area (Å²) in [5, 5.41) is 30.5. The quantitative estimate of drug-likeness (QED) is 0.142. The molecule has 39 heavy (non-hydrogen) atoms. The second-order valence-corrected chi connectivity index (χ2v) is 10.8. The van der Waals surface area contributed by atoms with Crippen molar-refractivity contribution >= 4 is 29.0 Å². The number of nitrogens with one attached hydrogen (secondary N) is 3. The van der Waals surface area contributed by atoms with Crippen LogP contribution in [-0.4, -0.2) is 39.9 Å². The van der Waals surface area contributed by atoms with Crippen LogP contribution in [0, 0.1) is 0 Å². The number of unbranched alkanes of at least 4 members (excludes halogenated alkanes) is 1. The number of aromatic hydroxyl groups is 2. The minimum atomic E-state index is -1.28. The summed E-state index contributed by atoms with van der Waals surface area (Å²) in [7, 11) is 0. The first-order valence-corrected chi connectivity index (χ1v) is 13.6. The van der Waals surface area contributed by atoms with E-state index in [9.17, 15) is 15.0 Å². The van der Waals surface area contributed by atoms with E-state index in [2.05, 4.69) is 36.7 Å². The Balaban J connectivity index is 1.34. The second-order valence-electron chi connectivity index (χ2n) is 10.4. The van der Waals surface area contributed by atoms with Crippen LogP contribution in [0.1, 0.15) is 67.1 Å². The molecule has 5 N–H and O–H groups in total. The summed E-state index contributed by atoms with van der Waals surface area (Å²) in [6.45, 7) is 7.26. The van der Waals surface area contributed by atoms with Gasteiger partial charge < -0.3 is 35.6 Å². The van der Waals surface area contributed by atoms with Gasteiger partial charge in [0, 0.05) is 53.1 Å². The lowest BCUT2D eigenvalue weighted by Gasteiger charge is -2.36. The van der Waals surface area contributed by atoms with E-state index in [0.29, 0.717) is 56.6 Å². The highest BCUT2D eigenvalue weighted by molar-refractivity contribution is 7.80. The van der Waals surface area contributed by atoms with Gasteiger partial charge in [-0.3, -0.25) is 0 Å². The van der Waals surface area contributed by atoms with Crippen molar-refractivity contribution in [2.45, 2.75) is 57.7 Å². The smallest absolute Gasteiger partial charge is 0.340 e. The highest BCUT2D eigenvalue weighted by Gasteiger charge is 2.53. The highest BCUT2D eigenvalue weighted by atomic mass is 32.1. The van der Waals surface area contributed by atoms with Gasteiger partial charge in [0.05, 0.1) is 5.56 Å². The first kappa shape index (κ1) is 26.8. The minimum absolute atomic E-state index is 0.0133. The molecule has 0 saturated carbocycles. The number of anilines is 1. The third-order valence-corrected chi connectivity index (χ3v) is 7.25. The van der Waals surface area contributed by atoms with Crippen molar-refractivity contribution in [2.75, 3.05) is 11.9 Å². The number of carbonyl (C=O) groups excluding carboxylic acids is 1. The van der Waals surface area contributed by atoms with Gasteiger partial charge in [-0.05, 0) is 68.4 Å². The van der Waals surface area contributed by atoms with Gasteiger partial charge in [0.15, 0.2) is 10.7 Å². The first-order chi connectivity index (χ1) is 18.7. The number of fused-ring (bicyclic) bond motifs is 6. The predicted octanol–water partition coefficient (Wildman–Crippen LogP) is 5.51. The molecular weight excluding hydrogens is 514 g/mol. The number of carbonyl (C=O) groups is 1. The average molecular weight is 548 g/mol. The molecule has 0 radical (unpaired) electrons. The second kappa shape index (κ2) is 10.7. The number of thiocarbonyl (C=S) groups is 1. The highest BCUT2D eigenvalue weighted by Crippen LogP contribution is 2.57. The van der Waals surface area contributed by atoms with Crippen LogP contribution in [0.3, 0.4) is 0 Å². The fourth-order valence-electron chi connectivity index (χ4n) is 5.39. The summed E-state index contributed by atoms with van der Waals surface area (Å²) >= 11 is 5.48. The molecule has 8 nitrogen and oxygen atoms in total. The van der Waals surface area contributed by atoms with Gasteiger partial charge in [-0.25, -0.2) is 4.79 Å². The average Bonchev–Trinajstić information content (AvgIpc) is 3.15. The molecule has 3 aromatic carbocycles. The maximum absolute atomic E-state index is 13.3. The van der Waals surface area contributed by atoms with Gasteiger partial charge in [0.2, 0.25) is 0 Å². The Hall–Kier alpha value is -3.82. The fraction of sp³-hybridized carbons (Fsp3) is 0.333. The summed E-state index contributed by atoms with van der Waals surface area (Å²) in [4.78, 5) is 13.3. The Bertz CT molecular complexity index is 1370. The van der Waals surface area contributed by atoms with E-state index in [4.69, 9.17) is 21.7 Å². The van der Waals surface area contributed by atoms with Crippen LogP contribution in [0.25, 0.3) is 0 Å². The van der Waals surface area contributed by atoms with Crippen LogP contribution in [0.4, 0.5) is 5.69 Å². The van der Waals surface area contributed by atoms with E-state index < -0.39 is 11.6 Å². The molecule has 2 heterocycles. The van der Waals surface area contributed by atoms with Gasteiger partial charge >= 0.3 is 5.97 Å². The van der Waals surface area contributed by atoms with Gasteiger partial charge in [-0.1, -0.05) is 26.3 Å². The van der Waals surface area contributed by atoms with Crippen molar-refractivity contribution in [3.8, 4) is 23.0 Å². The van der Waals surface area contributed by atoms with Gasteiger partial charge in [-0.15, -0.1) is 0 Å². The van der Waals surface area contributed by atoms with Crippen molar-refractivity contribution in [1.82, 2.24) is 10.6 Å². The van der Waals surface area contributed by atoms with Gasteiger partial charge in [-0.2, -0.15) is 0 Å². The molecule has 3 aromatic rings. The monoisotopic (exact) mass is 547 g/mol. The van der Waals surface area contributed by atoms with Crippen molar-refractivity contribution < 1.29 is 24.5 Å². The van der Waals surface area contributed by atoms with E-state index in [0.717, 1.165) is 25.8 Å². The van der Waals surface area contributed by atoms with Crippen LogP contribution in [-0.2, 0) is 10.3 Å². The maximum Gasteiger partial charge on any atom is 0.340 e. The fourth-order valence-corrected chi connectivity index (χ4v) is 5.61. The molecule has 1 spiro atoms. The van der Waals surface area contributed by atoms with Crippen LogP contribution in [0.15, 0.2) is 54.6 Å². The topological polar surface area (TPSA) is 112 Å². The summed E-state index contributed by atoms with van der Waals surface area (Å²) in [6.07, 6.45) is 3.19. The standard InChI is InChI=1S/C30H33N3O5S/c1-17(2)32-18(3)6-4-5-13-31-29(39)33-19-7-10-23-22(14-19)28(36)38-30(23)24-11-8-20(34)15-26(24)37-27-16-21(35)9-12-25(27)30/h7-12,14-18,32,34-35H,4-6,13H2,1-3H3,(H2,31,33,39). The molecule has 1 atom stereocenters. The van der Waals surface area contributed by atoms with Gasteiger partial charge in [0.25, 0.3) is 0 Å². The molecule has 0 saturated heterocycles. The maximum atomic E-state index is 13.3. The molecule has 0 fully saturated rings. The number of ether oxygens (including phenoxy) is 2. The van der Waals surface area contributed by atoms with Crippen LogP contribution >= 0.6 is 12.2 Å². The third-order valence-electron chi connectivity index (χ3n) is 7.00. The number of phenols is 2. The molecule has 204 valence electrons. The lowest BCUT2D eigenvalue weighted by Crippen LogP contribution is -2.33. The minimum Gasteiger partial charge on any atom is -0.508 e. The Morgan fingerprint density at radius 1 is 0.923 bits per heavy atom. The Kier molecular flexibility index (Phi) is 7.38. The molecule has 1 unspecified atom stereocenters. The number of esters is 1. The molecule has 0 amide bonds. The zero-order chi connectivity index (χ0) is 27.7. The van der Waals surface area contributed by atoms with E-state index in [1.807, 2.05) is 12.1 Å². The molecular formula is C30H33N3O5S. The molecule has 2 aliphatic heterocycles. The number of hydrogen-bond donors (Lipinski definition) is 5. The Morgan fingerprint density at radius 2 is 1.56 bits per heavy atom. The largest absolute Gasteiger partial charge is 0.508 e. The summed E-state index contributed by atoms with van der Waals surface area (Å²) < 4.78 is 12.1. The SMILES string of the molecule is CC(C)NC(C)CCCCNC(=S)Nc1ccc2c(c1)C(=O)OC21c2ccc(O)cc2Oc2cc(O)ccc21. The van der Waals surface area contributed by atoms with E-state index in [1.165, 1.54) is 24.3 Å². The van der Waals surface area contributed by atoms with Crippen molar-refractivity contribution in [3.63, 3.8) is 0 Å². The Labute approximate surface area is 233 Å². The van der Waals surface area contributed by atoms with E-state index in [1.54, 1.807) is 18.2 Å². The number of hydrogen-bond acceptors (Lipinski definition) is 7. The van der Waals surface area contributed by atoms with Crippen LogP contribution in [0.2, 0.25) is 0 Å². The first-order valence-electron chi connectivity index (χ1n) is 13.2. The Morgan fingerprint density at radius 3 is 2.21 bits per heavy atom. The number of phenolic OH excluding ortho intramolecular Hbond substituents is 2. The summed E-state index contributed by atoms with van der Waals surface area (Å²) in [5.74, 6) is 0.224. The molecule has 9 heteroatoms. The van der Waals surface area contributed by atoms with Crippen LogP contribution in [0.5, 0.6) is 23.0 Å². The third kappa shape index (κ3) is 5.24. The van der Waals surface area contributed by atoms with Crippen molar-refractivity contribution in [1.29, 1.82) is 0 Å². The molecule has 2 aliphatic rings. The van der Waals surface area contributed by atoms with Gasteiger partial charge in [0.1, 0.15) is 23.0 Å². The number of benzene rings is 3. The number of rotatable bonds is 8. The zero-order valence-electron chi connectivity index (χ0n) is 22.2. The normalized spacial score (nSPS) is 15.1. The van der Waals surface area contributed by atoms with Crippen LogP contribution < -0.4 is 20.7 Å². The van der Waals surface area contributed by atoms with Crippen molar-refractivity contribution in [3.05, 3.63) is 76.9 Å². The summed E-state index contributed by atoms with van der Waals surface area (Å²) in [6, 6.07) is 15.8. The predicted molar refractivity (Wildman–Crippen MR) is 154 cm³/mol. The molecule has 0 aromatic heterocycles. The van der Waals surface area contributed by atoms with Crippen molar-refractivity contribution in [2.24, 2.45) is 0 Å². The lowest BCUT2D eigenvalue weighted by molar-refractivity contribution is 0.0224. The van der Waals surface area contributed by atoms with E-state index in [-0.39, 0.29) is 11.5 Å².